The van der Waals surface area contributed by atoms with E-state index in [0.717, 1.165) is 65.6 Å². The molecule has 212 valence electrons. The molecule has 5 rings (SSSR count). The van der Waals surface area contributed by atoms with E-state index >= 15 is 0 Å². The number of ether oxygens (including phenoxy) is 1. The highest BCUT2D eigenvalue weighted by Gasteiger charge is 2.25. The summed E-state index contributed by atoms with van der Waals surface area (Å²) < 4.78 is 10.1. The third-order valence-corrected chi connectivity index (χ3v) is 9.72. The fourth-order valence-electron chi connectivity index (χ4n) is 4.89. The van der Waals surface area contributed by atoms with Gasteiger partial charge in [-0.1, -0.05) is 75.9 Å². The monoisotopic (exact) mass is 567 g/mol. The van der Waals surface area contributed by atoms with Crippen LogP contribution in [0.2, 0.25) is 0 Å². The highest BCUT2D eigenvalue weighted by molar-refractivity contribution is 7.97. The second-order valence-corrected chi connectivity index (χ2v) is 13.5. The quantitative estimate of drug-likeness (QED) is 0.356. The molecule has 3 aliphatic rings. The molecule has 0 atom stereocenters. The lowest BCUT2D eigenvalue weighted by Gasteiger charge is -2.38. The van der Waals surface area contributed by atoms with Gasteiger partial charge in [-0.25, -0.2) is 8.61 Å². The molecule has 3 aliphatic heterocycles. The van der Waals surface area contributed by atoms with Crippen LogP contribution in [0.1, 0.15) is 50.7 Å². The first-order chi connectivity index (χ1) is 18.9. The highest BCUT2D eigenvalue weighted by atomic mass is 32.2. The molecule has 8 heteroatoms. The number of nitriles is 1. The van der Waals surface area contributed by atoms with Crippen molar-refractivity contribution in [3.63, 3.8) is 0 Å². The van der Waals surface area contributed by atoms with Gasteiger partial charge in [0, 0.05) is 63.7 Å². The zero-order chi connectivity index (χ0) is 27.6. The molecule has 0 saturated carbocycles. The molecule has 3 heterocycles. The van der Waals surface area contributed by atoms with Crippen molar-refractivity contribution < 1.29 is 4.74 Å². The van der Waals surface area contributed by atoms with Gasteiger partial charge in [0.05, 0.1) is 30.3 Å². The molecule has 0 bridgehead atoms. The molecule has 3 fully saturated rings. The lowest BCUT2D eigenvalue weighted by Crippen LogP contribution is -2.45. The Hall–Kier alpha value is -1.89. The molecule has 2 aromatic rings. The van der Waals surface area contributed by atoms with Crippen molar-refractivity contribution in [3.8, 4) is 6.07 Å². The molecule has 0 unspecified atom stereocenters. The molecule has 0 N–H and O–H groups in total. The zero-order valence-electron chi connectivity index (χ0n) is 24.1. The summed E-state index contributed by atoms with van der Waals surface area (Å²) in [6.07, 6.45) is 0. The SMILES string of the molecule is CC(C)c1cccc(N2CCN(SC3COC3)CC2)c1.CC(C)c1cccc(N2CCN(SCC#N)CC2)c1. The Bertz CT molecular complexity index is 1050. The van der Waals surface area contributed by atoms with E-state index in [1.165, 1.54) is 22.5 Å². The molecule has 0 radical (unpaired) electrons. The number of benzene rings is 2. The summed E-state index contributed by atoms with van der Waals surface area (Å²) in [5.74, 6) is 1.74. The van der Waals surface area contributed by atoms with E-state index in [1.54, 1.807) is 11.9 Å². The third-order valence-electron chi connectivity index (χ3n) is 7.50. The molecule has 2 aromatic carbocycles. The van der Waals surface area contributed by atoms with Crippen LogP contribution in [0.15, 0.2) is 48.5 Å². The Morgan fingerprint density at radius 1 is 0.769 bits per heavy atom. The highest BCUT2D eigenvalue weighted by Crippen LogP contribution is 2.27. The molecule has 0 aliphatic carbocycles. The number of nitrogens with zero attached hydrogens (tertiary/aromatic N) is 5. The van der Waals surface area contributed by atoms with E-state index in [4.69, 9.17) is 10.00 Å². The van der Waals surface area contributed by atoms with Crippen molar-refractivity contribution in [2.45, 2.75) is 44.8 Å². The van der Waals surface area contributed by atoms with Gasteiger partial charge in [0.2, 0.25) is 0 Å². The second-order valence-electron chi connectivity index (χ2n) is 11.0. The van der Waals surface area contributed by atoms with Gasteiger partial charge in [-0.05, 0) is 47.2 Å². The summed E-state index contributed by atoms with van der Waals surface area (Å²) in [6, 6.07) is 20.1. The van der Waals surface area contributed by atoms with Gasteiger partial charge in [0.1, 0.15) is 0 Å². The number of rotatable bonds is 8. The fourth-order valence-corrected chi connectivity index (χ4v) is 6.67. The maximum absolute atomic E-state index is 8.60. The lowest BCUT2D eigenvalue weighted by molar-refractivity contribution is 0.0440. The van der Waals surface area contributed by atoms with Gasteiger partial charge in [0.15, 0.2) is 0 Å². The molecule has 0 spiro atoms. The number of hydrogen-bond donors (Lipinski definition) is 0. The van der Waals surface area contributed by atoms with Crippen molar-refractivity contribution in [3.05, 3.63) is 59.7 Å². The predicted octanol–water partition coefficient (Wildman–Crippen LogP) is 6.08. The maximum atomic E-state index is 8.60. The largest absolute Gasteiger partial charge is 0.379 e. The summed E-state index contributed by atoms with van der Waals surface area (Å²) in [5.41, 5.74) is 5.55. The van der Waals surface area contributed by atoms with Crippen molar-refractivity contribution >= 4 is 35.3 Å². The maximum Gasteiger partial charge on any atom is 0.0955 e. The van der Waals surface area contributed by atoms with Crippen LogP contribution in [0.3, 0.4) is 0 Å². The number of anilines is 2. The molecule has 39 heavy (non-hydrogen) atoms. The first-order valence-corrected chi connectivity index (χ1v) is 16.1. The summed E-state index contributed by atoms with van der Waals surface area (Å²) in [7, 11) is 0. The van der Waals surface area contributed by atoms with E-state index in [-0.39, 0.29) is 0 Å². The molecule has 3 saturated heterocycles. The first kappa shape index (κ1) is 30.1. The third kappa shape index (κ3) is 9.06. The molecule has 6 nitrogen and oxygen atoms in total. The van der Waals surface area contributed by atoms with Crippen LogP contribution < -0.4 is 9.80 Å². The summed E-state index contributed by atoms with van der Waals surface area (Å²) in [5, 5.41) is 9.30. The van der Waals surface area contributed by atoms with Crippen LogP contribution >= 0.6 is 23.9 Å². The van der Waals surface area contributed by atoms with Crippen molar-refractivity contribution in [1.82, 2.24) is 8.61 Å². The van der Waals surface area contributed by atoms with Crippen LogP contribution in [-0.4, -0.2) is 85.2 Å². The average molecular weight is 568 g/mol. The topological polar surface area (TPSA) is 46.0 Å². The van der Waals surface area contributed by atoms with Crippen LogP contribution in [-0.2, 0) is 4.74 Å². The zero-order valence-corrected chi connectivity index (χ0v) is 25.7. The fraction of sp³-hybridized carbons (Fsp3) is 0.581. The number of hydrogen-bond acceptors (Lipinski definition) is 8. The van der Waals surface area contributed by atoms with Crippen molar-refractivity contribution in [2.24, 2.45) is 0 Å². The van der Waals surface area contributed by atoms with E-state index in [0.29, 0.717) is 22.8 Å². The standard InChI is InChI=1S/C16H24N2OS.C15H21N3S/c1-13(2)14-4-3-5-15(10-14)17-6-8-18(9-7-17)20-16-11-19-12-16;1-13(2)14-4-3-5-15(12-14)17-7-9-18(10-8-17)19-11-6-16/h3-5,10,13,16H,6-9,11-12H2,1-2H3;3-5,12-13H,7-11H2,1-2H3. The Morgan fingerprint density at radius 2 is 1.26 bits per heavy atom. The minimum Gasteiger partial charge on any atom is -0.379 e. The van der Waals surface area contributed by atoms with Gasteiger partial charge >= 0.3 is 0 Å². The van der Waals surface area contributed by atoms with Gasteiger partial charge in [-0.3, -0.25) is 0 Å². The molecule has 0 aromatic heterocycles. The Labute approximate surface area is 244 Å². The van der Waals surface area contributed by atoms with Gasteiger partial charge in [-0.15, -0.1) is 0 Å². The summed E-state index contributed by atoms with van der Waals surface area (Å²) >= 11 is 3.64. The molecular weight excluding hydrogens is 523 g/mol. The van der Waals surface area contributed by atoms with Crippen LogP contribution in [0, 0.1) is 11.3 Å². The van der Waals surface area contributed by atoms with Gasteiger partial charge in [0.25, 0.3) is 0 Å². The molecule has 0 amide bonds. The minimum absolute atomic E-state index is 0.558. The smallest absolute Gasteiger partial charge is 0.0955 e. The first-order valence-electron chi connectivity index (χ1n) is 14.4. The summed E-state index contributed by atoms with van der Waals surface area (Å²) in [6.45, 7) is 19.5. The summed E-state index contributed by atoms with van der Waals surface area (Å²) in [4.78, 5) is 4.95. The number of piperazine rings is 2. The van der Waals surface area contributed by atoms with Crippen molar-refractivity contribution in [2.75, 3.05) is 81.1 Å². The van der Waals surface area contributed by atoms with Crippen LogP contribution in [0.5, 0.6) is 0 Å². The van der Waals surface area contributed by atoms with Crippen molar-refractivity contribution in [1.29, 1.82) is 5.26 Å². The van der Waals surface area contributed by atoms with E-state index in [2.05, 4.69) is 101 Å². The Balaban J connectivity index is 0.000000181. The van der Waals surface area contributed by atoms with E-state index in [9.17, 15) is 0 Å². The van der Waals surface area contributed by atoms with Gasteiger partial charge in [-0.2, -0.15) is 5.26 Å². The Kier molecular flexibility index (Phi) is 11.7. The minimum atomic E-state index is 0.558. The Morgan fingerprint density at radius 3 is 1.67 bits per heavy atom. The van der Waals surface area contributed by atoms with Crippen LogP contribution in [0.25, 0.3) is 0 Å². The van der Waals surface area contributed by atoms with E-state index < -0.39 is 0 Å². The normalized spacial score (nSPS) is 19.0. The van der Waals surface area contributed by atoms with E-state index in [1.807, 2.05) is 11.9 Å². The van der Waals surface area contributed by atoms with Gasteiger partial charge < -0.3 is 14.5 Å². The average Bonchev–Trinajstić information content (AvgIpc) is 2.95. The lowest BCUT2D eigenvalue weighted by atomic mass is 10.0. The predicted molar refractivity (Wildman–Crippen MR) is 169 cm³/mol. The second kappa shape index (κ2) is 15.2. The molecular formula is C31H45N5OS2. The van der Waals surface area contributed by atoms with Crippen LogP contribution in [0.4, 0.5) is 11.4 Å².